The van der Waals surface area contributed by atoms with Gasteiger partial charge in [0.25, 0.3) is 0 Å². The zero-order valence-electron chi connectivity index (χ0n) is 16.6. The molecular formula is C23H23F3O4. The summed E-state index contributed by atoms with van der Waals surface area (Å²) >= 11 is 0. The molecule has 160 valence electrons. The summed E-state index contributed by atoms with van der Waals surface area (Å²) < 4.78 is 54.3. The molecule has 30 heavy (non-hydrogen) atoms. The topological polar surface area (TPSA) is 44.8 Å². The van der Waals surface area contributed by atoms with E-state index in [9.17, 15) is 18.0 Å². The highest BCUT2D eigenvalue weighted by atomic mass is 19.4. The summed E-state index contributed by atoms with van der Waals surface area (Å²) in [5, 5.41) is 0. The molecule has 0 spiro atoms. The Kier molecular flexibility index (Phi) is 6.39. The number of carbonyl (C=O) groups excluding carboxylic acids is 1. The minimum atomic E-state index is -4.90. The fourth-order valence-corrected chi connectivity index (χ4v) is 3.53. The zero-order valence-corrected chi connectivity index (χ0v) is 16.6. The highest BCUT2D eigenvalue weighted by molar-refractivity contribution is 5.91. The molecule has 0 heterocycles. The van der Waals surface area contributed by atoms with Crippen molar-refractivity contribution in [3.8, 4) is 17.2 Å². The molecule has 0 radical (unpaired) electrons. The summed E-state index contributed by atoms with van der Waals surface area (Å²) in [5.74, 6) is -1.06. The van der Waals surface area contributed by atoms with Gasteiger partial charge < -0.3 is 14.2 Å². The maximum atomic E-state index is 12.9. The number of benzene rings is 2. The third kappa shape index (κ3) is 5.34. The molecule has 1 fully saturated rings. The molecular weight excluding hydrogens is 397 g/mol. The molecule has 0 aliphatic heterocycles. The Bertz CT molecular complexity index is 900. The zero-order chi connectivity index (χ0) is 21.8. The van der Waals surface area contributed by atoms with Crippen molar-refractivity contribution in [3.05, 3.63) is 66.2 Å². The maximum Gasteiger partial charge on any atom is 0.573 e. The summed E-state index contributed by atoms with van der Waals surface area (Å²) in [5.41, 5.74) is -0.0299. The van der Waals surface area contributed by atoms with Crippen LogP contribution in [0.25, 0.3) is 0 Å². The molecule has 4 nitrogen and oxygen atoms in total. The quantitative estimate of drug-likeness (QED) is 0.306. The highest BCUT2D eigenvalue weighted by Crippen LogP contribution is 2.42. The van der Waals surface area contributed by atoms with E-state index in [0.29, 0.717) is 18.6 Å². The molecule has 0 bridgehead atoms. The average molecular weight is 420 g/mol. The van der Waals surface area contributed by atoms with E-state index in [2.05, 4.69) is 11.3 Å². The van der Waals surface area contributed by atoms with Gasteiger partial charge in [-0.3, -0.25) is 0 Å². The van der Waals surface area contributed by atoms with Crippen molar-refractivity contribution in [2.45, 2.75) is 51.0 Å². The van der Waals surface area contributed by atoms with Crippen LogP contribution in [0.2, 0.25) is 0 Å². The van der Waals surface area contributed by atoms with E-state index in [4.69, 9.17) is 9.47 Å². The molecule has 3 rings (SSSR count). The van der Waals surface area contributed by atoms with E-state index in [0.717, 1.165) is 30.9 Å². The summed E-state index contributed by atoms with van der Waals surface area (Å²) in [6.07, 6.45) is -0.865. The second-order valence-corrected chi connectivity index (χ2v) is 7.35. The second kappa shape index (κ2) is 8.81. The van der Waals surface area contributed by atoms with Crippen LogP contribution in [-0.2, 0) is 0 Å². The van der Waals surface area contributed by atoms with Gasteiger partial charge in [0.05, 0.1) is 5.56 Å². The van der Waals surface area contributed by atoms with E-state index < -0.39 is 23.7 Å². The number of hydrogen-bond donors (Lipinski definition) is 0. The summed E-state index contributed by atoms with van der Waals surface area (Å²) in [6, 6.07) is 11.9. The van der Waals surface area contributed by atoms with Crippen LogP contribution in [0.3, 0.4) is 0 Å². The Morgan fingerprint density at radius 1 is 1.00 bits per heavy atom. The van der Waals surface area contributed by atoms with Crippen molar-refractivity contribution < 1.29 is 32.2 Å². The number of alkyl halides is 3. The van der Waals surface area contributed by atoms with Crippen LogP contribution in [0.1, 0.15) is 49.4 Å². The van der Waals surface area contributed by atoms with Crippen molar-refractivity contribution in [1.82, 2.24) is 0 Å². The third-order valence-corrected chi connectivity index (χ3v) is 5.10. The number of hydrogen-bond acceptors (Lipinski definition) is 4. The number of esters is 1. The molecule has 2 aromatic carbocycles. The lowest BCUT2D eigenvalue weighted by Crippen LogP contribution is -2.39. The van der Waals surface area contributed by atoms with Crippen molar-refractivity contribution in [3.63, 3.8) is 0 Å². The fraction of sp³-hybridized carbons (Fsp3) is 0.348. The van der Waals surface area contributed by atoms with Gasteiger partial charge in [-0.25, -0.2) is 4.79 Å². The van der Waals surface area contributed by atoms with Gasteiger partial charge in [-0.2, -0.15) is 0 Å². The van der Waals surface area contributed by atoms with Gasteiger partial charge in [0.1, 0.15) is 11.4 Å². The van der Waals surface area contributed by atoms with Crippen LogP contribution in [0, 0.1) is 0 Å². The van der Waals surface area contributed by atoms with Crippen molar-refractivity contribution in [1.29, 1.82) is 0 Å². The van der Waals surface area contributed by atoms with Gasteiger partial charge in [0, 0.05) is 0 Å². The average Bonchev–Trinajstić information content (AvgIpc) is 2.69. The first kappa shape index (κ1) is 21.7. The van der Waals surface area contributed by atoms with Gasteiger partial charge in [0.2, 0.25) is 0 Å². The summed E-state index contributed by atoms with van der Waals surface area (Å²) in [4.78, 5) is 12.5. The Morgan fingerprint density at radius 2 is 1.67 bits per heavy atom. The van der Waals surface area contributed by atoms with Crippen LogP contribution in [-0.4, -0.2) is 17.9 Å². The van der Waals surface area contributed by atoms with Crippen molar-refractivity contribution in [2.24, 2.45) is 0 Å². The van der Waals surface area contributed by atoms with Crippen LogP contribution < -0.4 is 14.2 Å². The molecule has 0 saturated heterocycles. The van der Waals surface area contributed by atoms with Gasteiger partial charge >= 0.3 is 12.3 Å². The molecule has 1 aliphatic carbocycles. The van der Waals surface area contributed by atoms with Crippen LogP contribution >= 0.6 is 0 Å². The van der Waals surface area contributed by atoms with E-state index in [1.165, 1.54) is 12.1 Å². The Morgan fingerprint density at radius 3 is 2.27 bits per heavy atom. The number of ether oxygens (including phenoxy) is 3. The molecule has 0 N–H and O–H groups in total. The lowest BCUT2D eigenvalue weighted by molar-refractivity contribution is -0.275. The molecule has 7 heteroatoms. The van der Waals surface area contributed by atoms with Crippen LogP contribution in [0.4, 0.5) is 13.2 Å². The Balaban J connectivity index is 1.94. The maximum absolute atomic E-state index is 12.9. The molecule has 0 aromatic heterocycles. The van der Waals surface area contributed by atoms with Crippen LogP contribution in [0.5, 0.6) is 17.2 Å². The Labute approximate surface area is 173 Å². The monoisotopic (exact) mass is 420 g/mol. The van der Waals surface area contributed by atoms with Crippen LogP contribution in [0.15, 0.2) is 60.7 Å². The minimum absolute atomic E-state index is 0.0519. The summed E-state index contributed by atoms with van der Waals surface area (Å²) in [6.45, 7) is 5.78. The number of carbonyl (C=O) groups is 1. The first-order chi connectivity index (χ1) is 14.2. The molecule has 2 aromatic rings. The fourth-order valence-electron chi connectivity index (χ4n) is 3.53. The lowest BCUT2D eigenvalue weighted by atomic mass is 9.80. The summed E-state index contributed by atoms with van der Waals surface area (Å²) in [7, 11) is 0. The smallest absolute Gasteiger partial charge is 0.479 e. The molecule has 0 atom stereocenters. The normalized spacial score (nSPS) is 15.9. The SMILES string of the molecule is C=C(C)C1(Oc2cc(C(=O)Oc3ccccc3)ccc2OC(F)(F)F)CCCCC1. The van der Waals surface area contributed by atoms with Gasteiger partial charge in [0.15, 0.2) is 11.5 Å². The standard InChI is InChI=1S/C23H23F3O4/c1-16(2)22(13-7-4-8-14-22)29-20-15-17(11-12-19(20)30-23(24,25)26)21(27)28-18-9-5-3-6-10-18/h3,5-6,9-12,15H,1,4,7-8,13-14H2,2H3. The first-order valence-electron chi connectivity index (χ1n) is 9.71. The second-order valence-electron chi connectivity index (χ2n) is 7.35. The van der Waals surface area contributed by atoms with E-state index in [1.807, 2.05) is 0 Å². The van der Waals surface area contributed by atoms with Gasteiger partial charge in [-0.15, -0.1) is 13.2 Å². The van der Waals surface area contributed by atoms with Gasteiger partial charge in [-0.1, -0.05) is 31.2 Å². The highest BCUT2D eigenvalue weighted by Gasteiger charge is 2.38. The number of rotatable bonds is 6. The number of halogens is 3. The predicted octanol–water partition coefficient (Wildman–Crippen LogP) is 6.46. The van der Waals surface area contributed by atoms with E-state index >= 15 is 0 Å². The number of para-hydroxylation sites is 1. The van der Waals surface area contributed by atoms with E-state index in [-0.39, 0.29) is 11.3 Å². The predicted molar refractivity (Wildman–Crippen MR) is 106 cm³/mol. The van der Waals surface area contributed by atoms with Crippen molar-refractivity contribution in [2.75, 3.05) is 0 Å². The minimum Gasteiger partial charge on any atom is -0.479 e. The van der Waals surface area contributed by atoms with Crippen molar-refractivity contribution >= 4 is 5.97 Å². The molecule has 1 saturated carbocycles. The lowest BCUT2D eigenvalue weighted by Gasteiger charge is -2.38. The molecule has 0 unspecified atom stereocenters. The first-order valence-corrected chi connectivity index (χ1v) is 9.71. The largest absolute Gasteiger partial charge is 0.573 e. The molecule has 0 amide bonds. The van der Waals surface area contributed by atoms with E-state index in [1.54, 1.807) is 37.3 Å². The Hall–Kier alpha value is -2.96. The molecule has 1 aliphatic rings. The third-order valence-electron chi connectivity index (χ3n) is 5.10. The van der Waals surface area contributed by atoms with Gasteiger partial charge in [-0.05, 0) is 68.5 Å².